The number of nitro groups is 1. The third-order valence-electron chi connectivity index (χ3n) is 2.86. The Hall–Kier alpha value is -1.92. The molecule has 0 amide bonds. The number of nitrogens with one attached hydrogen (secondary N) is 1. The number of ether oxygens (including phenoxy) is 1. The van der Waals surface area contributed by atoms with Gasteiger partial charge in [-0.2, -0.15) is 4.98 Å². The number of rotatable bonds is 5. The molecular formula is C10H14N4O3. The average Bonchev–Trinajstić information content (AvgIpc) is 3.11. The molecular weight excluding hydrogens is 224 g/mol. The minimum atomic E-state index is -0.527. The Labute approximate surface area is 98.4 Å². The molecule has 0 saturated heterocycles. The van der Waals surface area contributed by atoms with Crippen molar-refractivity contribution in [3.63, 3.8) is 0 Å². The van der Waals surface area contributed by atoms with Crippen LogP contribution < -0.4 is 10.1 Å². The largest absolute Gasteiger partial charge is 0.476 e. The highest BCUT2D eigenvalue weighted by molar-refractivity contribution is 5.61. The van der Waals surface area contributed by atoms with Crippen LogP contribution in [0.1, 0.15) is 19.8 Å². The lowest BCUT2D eigenvalue weighted by Crippen LogP contribution is -2.19. The number of hydrogen-bond donors (Lipinski definition) is 1. The topological polar surface area (TPSA) is 90.2 Å². The van der Waals surface area contributed by atoms with E-state index in [1.807, 2.05) is 6.92 Å². The van der Waals surface area contributed by atoms with E-state index < -0.39 is 4.92 Å². The second-order valence-electron chi connectivity index (χ2n) is 4.11. The van der Waals surface area contributed by atoms with Gasteiger partial charge in [-0.25, -0.2) is 4.98 Å². The smallest absolute Gasteiger partial charge is 0.372 e. The van der Waals surface area contributed by atoms with Crippen LogP contribution >= 0.6 is 0 Å². The zero-order chi connectivity index (χ0) is 12.4. The second-order valence-corrected chi connectivity index (χ2v) is 4.11. The standard InChI is InChI=1S/C10H14N4O3/c1-6(7-3-4-7)13-9-8(14(15)16)10(17-2)12-5-11-9/h5-7H,3-4H2,1-2H3,(H,11,12,13). The molecule has 1 N–H and O–H groups in total. The lowest BCUT2D eigenvalue weighted by atomic mass is 10.2. The minimum absolute atomic E-state index is 0.0181. The molecule has 1 unspecified atom stereocenters. The summed E-state index contributed by atoms with van der Waals surface area (Å²) in [6.45, 7) is 2.00. The molecule has 1 aromatic rings. The number of hydrogen-bond acceptors (Lipinski definition) is 6. The molecule has 1 saturated carbocycles. The fourth-order valence-corrected chi connectivity index (χ4v) is 1.71. The summed E-state index contributed by atoms with van der Waals surface area (Å²) in [7, 11) is 1.35. The van der Waals surface area contributed by atoms with Gasteiger partial charge in [0.2, 0.25) is 5.82 Å². The van der Waals surface area contributed by atoms with E-state index in [4.69, 9.17) is 4.74 Å². The van der Waals surface area contributed by atoms with Gasteiger partial charge in [0.05, 0.1) is 12.0 Å². The Morgan fingerprint density at radius 1 is 1.59 bits per heavy atom. The summed E-state index contributed by atoms with van der Waals surface area (Å²) >= 11 is 0. The average molecular weight is 238 g/mol. The van der Waals surface area contributed by atoms with E-state index >= 15 is 0 Å². The molecule has 1 aromatic heterocycles. The predicted molar refractivity (Wildman–Crippen MR) is 61.0 cm³/mol. The molecule has 0 bridgehead atoms. The number of anilines is 1. The van der Waals surface area contributed by atoms with Crippen LogP contribution in [-0.2, 0) is 0 Å². The van der Waals surface area contributed by atoms with Crippen LogP contribution in [0.5, 0.6) is 5.88 Å². The summed E-state index contributed by atoms with van der Waals surface area (Å²) in [5.74, 6) is 0.785. The van der Waals surface area contributed by atoms with Crippen molar-refractivity contribution >= 4 is 11.5 Å². The fourth-order valence-electron chi connectivity index (χ4n) is 1.71. The second kappa shape index (κ2) is 4.52. The monoisotopic (exact) mass is 238 g/mol. The van der Waals surface area contributed by atoms with E-state index in [2.05, 4.69) is 15.3 Å². The summed E-state index contributed by atoms with van der Waals surface area (Å²) in [6, 6.07) is 0.174. The van der Waals surface area contributed by atoms with Crippen LogP contribution in [0, 0.1) is 16.0 Å². The molecule has 7 nitrogen and oxygen atoms in total. The molecule has 1 heterocycles. The quantitative estimate of drug-likeness (QED) is 0.619. The Balaban J connectivity index is 2.27. The van der Waals surface area contributed by atoms with Gasteiger partial charge in [0.1, 0.15) is 6.33 Å². The third-order valence-corrected chi connectivity index (χ3v) is 2.86. The van der Waals surface area contributed by atoms with Crippen molar-refractivity contribution in [2.24, 2.45) is 5.92 Å². The van der Waals surface area contributed by atoms with Crippen molar-refractivity contribution < 1.29 is 9.66 Å². The molecule has 0 radical (unpaired) electrons. The van der Waals surface area contributed by atoms with Crippen LogP contribution in [0.4, 0.5) is 11.5 Å². The Bertz CT molecular complexity index is 434. The number of nitrogens with zero attached hydrogens (tertiary/aromatic N) is 3. The molecule has 0 spiro atoms. The van der Waals surface area contributed by atoms with E-state index in [-0.39, 0.29) is 23.4 Å². The minimum Gasteiger partial charge on any atom is -0.476 e. The predicted octanol–water partition coefficient (Wildman–Crippen LogP) is 1.60. The SMILES string of the molecule is COc1ncnc(NC(C)C2CC2)c1[N+](=O)[O-]. The maximum atomic E-state index is 11.0. The van der Waals surface area contributed by atoms with Crippen molar-refractivity contribution in [1.29, 1.82) is 0 Å². The highest BCUT2D eigenvalue weighted by Gasteiger charge is 2.31. The van der Waals surface area contributed by atoms with Gasteiger partial charge in [-0.15, -0.1) is 0 Å². The zero-order valence-corrected chi connectivity index (χ0v) is 9.71. The van der Waals surface area contributed by atoms with Crippen molar-refractivity contribution in [2.45, 2.75) is 25.8 Å². The fraction of sp³-hybridized carbons (Fsp3) is 0.600. The van der Waals surface area contributed by atoms with Gasteiger partial charge in [-0.1, -0.05) is 0 Å². The first-order chi connectivity index (χ1) is 8.13. The van der Waals surface area contributed by atoms with Gasteiger partial charge in [0.25, 0.3) is 5.88 Å². The molecule has 0 aromatic carbocycles. The van der Waals surface area contributed by atoms with Crippen molar-refractivity contribution in [2.75, 3.05) is 12.4 Å². The molecule has 1 fully saturated rings. The first-order valence-electron chi connectivity index (χ1n) is 5.43. The van der Waals surface area contributed by atoms with E-state index in [9.17, 15) is 10.1 Å². The summed E-state index contributed by atoms with van der Waals surface area (Å²) in [4.78, 5) is 18.1. The molecule has 1 aliphatic carbocycles. The van der Waals surface area contributed by atoms with E-state index in [1.165, 1.54) is 13.4 Å². The molecule has 2 rings (SSSR count). The maximum Gasteiger partial charge on any atom is 0.372 e. The van der Waals surface area contributed by atoms with Crippen LogP contribution in [0.2, 0.25) is 0 Å². The Morgan fingerprint density at radius 2 is 2.29 bits per heavy atom. The molecule has 7 heteroatoms. The van der Waals surface area contributed by atoms with Gasteiger partial charge < -0.3 is 10.1 Å². The summed E-state index contributed by atoms with van der Waals surface area (Å²) in [5.41, 5.74) is -0.206. The molecule has 1 atom stereocenters. The molecule has 0 aliphatic heterocycles. The highest BCUT2D eigenvalue weighted by atomic mass is 16.6. The molecule has 1 aliphatic rings. The van der Waals surface area contributed by atoms with E-state index in [0.29, 0.717) is 5.92 Å². The zero-order valence-electron chi connectivity index (χ0n) is 9.71. The van der Waals surface area contributed by atoms with Gasteiger partial charge >= 0.3 is 5.69 Å². The van der Waals surface area contributed by atoms with Gasteiger partial charge in [-0.05, 0) is 25.7 Å². The maximum absolute atomic E-state index is 11.0. The van der Waals surface area contributed by atoms with E-state index in [1.54, 1.807) is 0 Å². The van der Waals surface area contributed by atoms with Crippen LogP contribution in [-0.4, -0.2) is 28.0 Å². The van der Waals surface area contributed by atoms with Gasteiger partial charge in [0.15, 0.2) is 0 Å². The molecule has 92 valence electrons. The highest BCUT2D eigenvalue weighted by Crippen LogP contribution is 2.36. The van der Waals surface area contributed by atoms with Gasteiger partial charge in [-0.3, -0.25) is 10.1 Å². The normalized spacial score (nSPS) is 16.4. The first kappa shape index (κ1) is 11.6. The lowest BCUT2D eigenvalue weighted by Gasteiger charge is -2.13. The number of methoxy groups -OCH3 is 1. The third kappa shape index (κ3) is 2.43. The van der Waals surface area contributed by atoms with Crippen LogP contribution in [0.3, 0.4) is 0 Å². The van der Waals surface area contributed by atoms with E-state index in [0.717, 1.165) is 12.8 Å². The Morgan fingerprint density at radius 3 is 2.82 bits per heavy atom. The van der Waals surface area contributed by atoms with Crippen molar-refractivity contribution in [3.05, 3.63) is 16.4 Å². The lowest BCUT2D eigenvalue weighted by molar-refractivity contribution is -0.385. The summed E-state index contributed by atoms with van der Waals surface area (Å²) < 4.78 is 4.87. The van der Waals surface area contributed by atoms with Crippen LogP contribution in [0.15, 0.2) is 6.33 Å². The molecule has 17 heavy (non-hydrogen) atoms. The summed E-state index contributed by atoms with van der Waals surface area (Å²) in [5, 5.41) is 14.0. The summed E-state index contributed by atoms with van der Waals surface area (Å²) in [6.07, 6.45) is 3.57. The first-order valence-corrected chi connectivity index (χ1v) is 5.43. The van der Waals surface area contributed by atoms with Crippen LogP contribution in [0.25, 0.3) is 0 Å². The Kier molecular flexibility index (Phi) is 3.08. The van der Waals surface area contributed by atoms with Crippen molar-refractivity contribution in [3.8, 4) is 5.88 Å². The van der Waals surface area contributed by atoms with Gasteiger partial charge in [0, 0.05) is 6.04 Å². The van der Waals surface area contributed by atoms with Crippen molar-refractivity contribution in [1.82, 2.24) is 9.97 Å². The number of aromatic nitrogens is 2.